The molecule has 1 aromatic rings. The van der Waals surface area contributed by atoms with Crippen LogP contribution in [0.1, 0.15) is 24.9 Å². The highest BCUT2D eigenvalue weighted by molar-refractivity contribution is 5.70. The predicted molar refractivity (Wildman–Crippen MR) is 64.3 cm³/mol. The van der Waals surface area contributed by atoms with Gasteiger partial charge in [0.2, 0.25) is 0 Å². The van der Waals surface area contributed by atoms with Crippen LogP contribution in [0.3, 0.4) is 0 Å². The molecular formula is C13H18NO4+. The molecule has 2 rings (SSSR count). The summed E-state index contributed by atoms with van der Waals surface area (Å²) in [7, 11) is 0. The summed E-state index contributed by atoms with van der Waals surface area (Å²) in [5.74, 6) is 1.23. The third kappa shape index (κ3) is 2.92. The molecule has 18 heavy (non-hydrogen) atoms. The van der Waals surface area contributed by atoms with E-state index in [4.69, 9.17) is 14.2 Å². The van der Waals surface area contributed by atoms with Gasteiger partial charge in [0.05, 0.1) is 6.61 Å². The highest BCUT2D eigenvalue weighted by Gasteiger charge is 2.19. The standard InChI is InChI=1S/C13H17NO4/c1-2-16-13(15)8-10(14)9-3-4-11-12(7-9)18-6-5-17-11/h3-4,7,10H,2,5-6,8,14H2,1H3/p+1/t10-/m0/s1. The molecule has 1 heterocycles. The van der Waals surface area contributed by atoms with Gasteiger partial charge in [-0.05, 0) is 25.1 Å². The summed E-state index contributed by atoms with van der Waals surface area (Å²) in [4.78, 5) is 11.4. The number of fused-ring (bicyclic) bond motifs is 1. The van der Waals surface area contributed by atoms with Crippen LogP contribution in [0.5, 0.6) is 11.5 Å². The summed E-state index contributed by atoms with van der Waals surface area (Å²) in [5.41, 5.74) is 4.93. The van der Waals surface area contributed by atoms with E-state index in [1.165, 1.54) is 0 Å². The molecule has 1 aliphatic rings. The second-order valence-electron chi connectivity index (χ2n) is 4.11. The van der Waals surface area contributed by atoms with Crippen LogP contribution >= 0.6 is 0 Å². The summed E-state index contributed by atoms with van der Waals surface area (Å²) in [5, 5.41) is 0. The number of ether oxygens (including phenoxy) is 3. The molecule has 0 saturated carbocycles. The van der Waals surface area contributed by atoms with Crippen LogP contribution in [0.2, 0.25) is 0 Å². The maximum atomic E-state index is 11.4. The fraction of sp³-hybridized carbons (Fsp3) is 0.462. The average Bonchev–Trinajstić information content (AvgIpc) is 2.38. The zero-order valence-electron chi connectivity index (χ0n) is 10.5. The fourth-order valence-corrected chi connectivity index (χ4v) is 1.85. The molecule has 0 fully saturated rings. The number of rotatable bonds is 4. The molecule has 1 aromatic carbocycles. The van der Waals surface area contributed by atoms with Crippen molar-refractivity contribution in [3.8, 4) is 11.5 Å². The Morgan fingerprint density at radius 3 is 2.83 bits per heavy atom. The Morgan fingerprint density at radius 2 is 2.11 bits per heavy atom. The van der Waals surface area contributed by atoms with Crippen LogP contribution in [0.4, 0.5) is 0 Å². The minimum Gasteiger partial charge on any atom is -0.486 e. The molecule has 98 valence electrons. The SMILES string of the molecule is CCOC(=O)C[C@H]([NH3+])c1ccc2c(c1)OCCO2. The lowest BCUT2D eigenvalue weighted by Gasteiger charge is -2.19. The Bertz CT molecular complexity index is 433. The van der Waals surface area contributed by atoms with Crippen LogP contribution in [0.25, 0.3) is 0 Å². The van der Waals surface area contributed by atoms with E-state index in [-0.39, 0.29) is 18.4 Å². The Kier molecular flexibility index (Phi) is 4.04. The largest absolute Gasteiger partial charge is 0.486 e. The van der Waals surface area contributed by atoms with Gasteiger partial charge in [-0.1, -0.05) is 0 Å². The minimum absolute atomic E-state index is 0.139. The maximum Gasteiger partial charge on any atom is 0.312 e. The summed E-state index contributed by atoms with van der Waals surface area (Å²) in [6.45, 7) is 3.31. The van der Waals surface area contributed by atoms with Gasteiger partial charge in [-0.25, -0.2) is 0 Å². The van der Waals surface area contributed by atoms with Crippen LogP contribution < -0.4 is 15.2 Å². The van der Waals surface area contributed by atoms with Crippen molar-refractivity contribution in [3.05, 3.63) is 23.8 Å². The van der Waals surface area contributed by atoms with E-state index >= 15 is 0 Å². The molecule has 5 heteroatoms. The number of benzene rings is 1. The van der Waals surface area contributed by atoms with Crippen LogP contribution in [0, 0.1) is 0 Å². The molecule has 0 spiro atoms. The number of carbonyl (C=O) groups excluding carboxylic acids is 1. The fourth-order valence-electron chi connectivity index (χ4n) is 1.85. The van der Waals surface area contributed by atoms with Gasteiger partial charge in [-0.3, -0.25) is 4.79 Å². The number of carbonyl (C=O) groups is 1. The van der Waals surface area contributed by atoms with Gasteiger partial charge in [0.15, 0.2) is 11.5 Å². The third-order valence-electron chi connectivity index (χ3n) is 2.76. The Labute approximate surface area is 106 Å². The van der Waals surface area contributed by atoms with E-state index < -0.39 is 0 Å². The summed E-state index contributed by atoms with van der Waals surface area (Å²) in [6.07, 6.45) is 0.271. The van der Waals surface area contributed by atoms with Gasteiger partial charge in [-0.15, -0.1) is 0 Å². The smallest absolute Gasteiger partial charge is 0.312 e. The molecule has 3 N–H and O–H groups in total. The highest BCUT2D eigenvalue weighted by Crippen LogP contribution is 2.32. The first-order valence-electron chi connectivity index (χ1n) is 6.09. The van der Waals surface area contributed by atoms with Crippen LogP contribution in [-0.4, -0.2) is 25.8 Å². The first-order chi connectivity index (χ1) is 8.70. The number of esters is 1. The van der Waals surface area contributed by atoms with Crippen molar-refractivity contribution in [1.82, 2.24) is 0 Å². The number of quaternary nitrogens is 1. The zero-order valence-corrected chi connectivity index (χ0v) is 10.5. The molecule has 0 aromatic heterocycles. The van der Waals surface area contributed by atoms with Crippen molar-refractivity contribution in [2.45, 2.75) is 19.4 Å². The Hall–Kier alpha value is -1.75. The summed E-state index contributed by atoms with van der Waals surface area (Å²) >= 11 is 0. The Balaban J connectivity index is 2.06. The second-order valence-corrected chi connectivity index (χ2v) is 4.11. The Morgan fingerprint density at radius 1 is 1.39 bits per heavy atom. The van der Waals surface area contributed by atoms with Crippen molar-refractivity contribution in [3.63, 3.8) is 0 Å². The van der Waals surface area contributed by atoms with E-state index in [9.17, 15) is 4.79 Å². The molecule has 0 saturated heterocycles. The molecule has 1 aliphatic heterocycles. The first kappa shape index (κ1) is 12.7. The molecule has 0 aliphatic carbocycles. The van der Waals surface area contributed by atoms with Gasteiger partial charge >= 0.3 is 5.97 Å². The van der Waals surface area contributed by atoms with Crippen molar-refractivity contribution >= 4 is 5.97 Å². The first-order valence-corrected chi connectivity index (χ1v) is 6.09. The molecule has 5 nitrogen and oxygen atoms in total. The van der Waals surface area contributed by atoms with Crippen molar-refractivity contribution in [2.75, 3.05) is 19.8 Å². The van der Waals surface area contributed by atoms with Crippen LogP contribution in [-0.2, 0) is 9.53 Å². The number of hydrogen-bond donors (Lipinski definition) is 1. The lowest BCUT2D eigenvalue weighted by molar-refractivity contribution is -0.425. The van der Waals surface area contributed by atoms with E-state index in [2.05, 4.69) is 5.73 Å². The lowest BCUT2D eigenvalue weighted by Crippen LogP contribution is -2.54. The predicted octanol–water partition coefficient (Wildman–Crippen LogP) is 0.694. The average molecular weight is 252 g/mol. The normalized spacial score (nSPS) is 15.0. The van der Waals surface area contributed by atoms with Gasteiger partial charge in [0.1, 0.15) is 25.7 Å². The third-order valence-corrected chi connectivity index (χ3v) is 2.76. The summed E-state index contributed by atoms with van der Waals surface area (Å²) in [6, 6.07) is 5.50. The van der Waals surface area contributed by atoms with Crippen LogP contribution in [0.15, 0.2) is 18.2 Å². The molecule has 0 bridgehead atoms. The van der Waals surface area contributed by atoms with Gasteiger partial charge in [-0.2, -0.15) is 0 Å². The van der Waals surface area contributed by atoms with E-state index in [1.54, 1.807) is 6.92 Å². The molecule has 0 radical (unpaired) electrons. The van der Waals surface area contributed by atoms with Crippen molar-refractivity contribution < 1.29 is 24.7 Å². The van der Waals surface area contributed by atoms with Crippen molar-refractivity contribution in [1.29, 1.82) is 0 Å². The second kappa shape index (κ2) is 5.73. The molecule has 1 atom stereocenters. The number of hydrogen-bond acceptors (Lipinski definition) is 4. The van der Waals surface area contributed by atoms with Crippen molar-refractivity contribution in [2.24, 2.45) is 0 Å². The lowest BCUT2D eigenvalue weighted by atomic mass is 10.0. The monoisotopic (exact) mass is 252 g/mol. The maximum absolute atomic E-state index is 11.4. The molecule has 0 unspecified atom stereocenters. The van der Waals surface area contributed by atoms with E-state index in [1.807, 2.05) is 18.2 Å². The van der Waals surface area contributed by atoms with E-state index in [0.29, 0.717) is 19.8 Å². The summed E-state index contributed by atoms with van der Waals surface area (Å²) < 4.78 is 15.9. The zero-order chi connectivity index (χ0) is 13.0. The van der Waals surface area contributed by atoms with Gasteiger partial charge < -0.3 is 19.9 Å². The van der Waals surface area contributed by atoms with E-state index in [0.717, 1.165) is 17.1 Å². The topological polar surface area (TPSA) is 72.4 Å². The molecule has 0 amide bonds. The highest BCUT2D eigenvalue weighted by atomic mass is 16.6. The van der Waals surface area contributed by atoms with Gasteiger partial charge in [0.25, 0.3) is 0 Å². The molecular weight excluding hydrogens is 234 g/mol. The minimum atomic E-state index is -0.229. The van der Waals surface area contributed by atoms with Gasteiger partial charge in [0, 0.05) is 5.56 Å². The quantitative estimate of drug-likeness (QED) is 0.800.